The van der Waals surface area contributed by atoms with Gasteiger partial charge in [0.25, 0.3) is 0 Å². The molecule has 0 unspecified atom stereocenters. The maximum Gasteiger partial charge on any atom is 0.335 e. The number of nitrogens with one attached hydrogen (secondary N) is 1. The minimum atomic E-state index is -0.972. The first-order valence-corrected chi connectivity index (χ1v) is 6.84. The van der Waals surface area contributed by atoms with Gasteiger partial charge >= 0.3 is 5.97 Å². The summed E-state index contributed by atoms with van der Waals surface area (Å²) in [4.78, 5) is 22.9. The van der Waals surface area contributed by atoms with Gasteiger partial charge < -0.3 is 10.4 Å². The Balaban J connectivity index is 1.96. The largest absolute Gasteiger partial charge is 0.478 e. The highest BCUT2D eigenvalue weighted by atomic mass is 16.4. The molecule has 2 aromatic carbocycles. The number of ketones is 1. The summed E-state index contributed by atoms with van der Waals surface area (Å²) >= 11 is 0. The van der Waals surface area contributed by atoms with Crippen LogP contribution in [0.15, 0.2) is 60.8 Å². The summed E-state index contributed by atoms with van der Waals surface area (Å²) in [6, 6.07) is 13.7. The third-order valence-electron chi connectivity index (χ3n) is 3.20. The Bertz CT molecular complexity index is 700. The van der Waals surface area contributed by atoms with Gasteiger partial charge in [0.1, 0.15) is 0 Å². The number of hydrogen-bond acceptors (Lipinski definition) is 3. The van der Waals surface area contributed by atoms with Crippen molar-refractivity contribution in [1.29, 1.82) is 0 Å². The number of carboxylic acid groups (broad SMARTS) is 1. The number of allylic oxidation sites excluding steroid dienone is 1. The number of carbonyl (C=O) groups excluding carboxylic acids is 1. The molecule has 0 radical (unpaired) electrons. The Hall–Kier alpha value is -2.88. The number of aryl methyl sites for hydroxylation is 1. The first-order valence-electron chi connectivity index (χ1n) is 6.84. The molecule has 112 valence electrons. The van der Waals surface area contributed by atoms with Gasteiger partial charge in [0.2, 0.25) is 0 Å². The Morgan fingerprint density at radius 1 is 1.00 bits per heavy atom. The van der Waals surface area contributed by atoms with E-state index in [0.29, 0.717) is 16.9 Å². The fraction of sp³-hybridized carbons (Fsp3) is 0.111. The van der Waals surface area contributed by atoms with Gasteiger partial charge in [-0.1, -0.05) is 36.4 Å². The minimum absolute atomic E-state index is 0.0142. The predicted molar refractivity (Wildman–Crippen MR) is 86.3 cm³/mol. The molecular formula is C18H17NO3. The molecule has 0 aliphatic rings. The van der Waals surface area contributed by atoms with E-state index < -0.39 is 5.97 Å². The highest BCUT2D eigenvalue weighted by molar-refractivity contribution is 5.97. The number of Topliss-reactive ketones (excluding diaryl/α,β-unsaturated/α-hetero) is 1. The molecule has 2 N–H and O–H groups in total. The van der Waals surface area contributed by atoms with Crippen molar-refractivity contribution >= 4 is 17.4 Å². The van der Waals surface area contributed by atoms with Crippen molar-refractivity contribution in [1.82, 2.24) is 0 Å². The molecule has 0 aromatic heterocycles. The smallest absolute Gasteiger partial charge is 0.335 e. The summed E-state index contributed by atoms with van der Waals surface area (Å²) < 4.78 is 0. The van der Waals surface area contributed by atoms with E-state index in [0.717, 1.165) is 5.56 Å². The molecule has 0 amide bonds. The highest BCUT2D eigenvalue weighted by Gasteiger charge is 2.08. The molecule has 0 bridgehead atoms. The van der Waals surface area contributed by atoms with E-state index in [1.807, 2.05) is 19.1 Å². The number of hydrogen-bond donors (Lipinski definition) is 2. The molecule has 22 heavy (non-hydrogen) atoms. The van der Waals surface area contributed by atoms with Crippen molar-refractivity contribution in [2.45, 2.75) is 13.3 Å². The SMILES string of the molecule is C=C(CC(=O)c1ccc(C)cc1)Nc1ccc(C(=O)O)cc1. The van der Waals surface area contributed by atoms with Crippen LogP contribution in [0.2, 0.25) is 0 Å². The quantitative estimate of drug-likeness (QED) is 0.793. The lowest BCUT2D eigenvalue weighted by molar-refractivity contribution is 0.0696. The number of aromatic carboxylic acids is 1. The van der Waals surface area contributed by atoms with Gasteiger partial charge in [0, 0.05) is 16.9 Å². The normalized spacial score (nSPS) is 10.0. The number of rotatable bonds is 6. The van der Waals surface area contributed by atoms with E-state index in [4.69, 9.17) is 5.11 Å². The summed E-state index contributed by atoms with van der Waals surface area (Å²) in [5, 5.41) is 11.9. The average molecular weight is 295 g/mol. The minimum Gasteiger partial charge on any atom is -0.478 e. The van der Waals surface area contributed by atoms with E-state index in [1.165, 1.54) is 12.1 Å². The van der Waals surface area contributed by atoms with Crippen LogP contribution in [0.25, 0.3) is 0 Å². The molecule has 2 rings (SSSR count). The third-order valence-corrected chi connectivity index (χ3v) is 3.20. The van der Waals surface area contributed by atoms with Crippen molar-refractivity contribution in [2.24, 2.45) is 0 Å². The van der Waals surface area contributed by atoms with E-state index in [1.54, 1.807) is 24.3 Å². The molecule has 0 spiro atoms. The number of anilines is 1. The average Bonchev–Trinajstić information content (AvgIpc) is 2.48. The van der Waals surface area contributed by atoms with Gasteiger partial charge in [-0.05, 0) is 31.2 Å². The van der Waals surface area contributed by atoms with Gasteiger partial charge in [-0.2, -0.15) is 0 Å². The van der Waals surface area contributed by atoms with Gasteiger partial charge in [0.15, 0.2) is 5.78 Å². The Morgan fingerprint density at radius 2 is 1.55 bits per heavy atom. The molecule has 0 atom stereocenters. The molecule has 4 nitrogen and oxygen atoms in total. The van der Waals surface area contributed by atoms with Crippen LogP contribution in [-0.4, -0.2) is 16.9 Å². The molecule has 0 saturated carbocycles. The molecule has 0 aliphatic heterocycles. The summed E-state index contributed by atoms with van der Waals surface area (Å²) in [5.74, 6) is -0.986. The Labute approximate surface area is 129 Å². The van der Waals surface area contributed by atoms with E-state index in [-0.39, 0.29) is 17.8 Å². The second-order valence-electron chi connectivity index (χ2n) is 5.08. The fourth-order valence-electron chi connectivity index (χ4n) is 1.98. The van der Waals surface area contributed by atoms with Crippen LogP contribution < -0.4 is 5.32 Å². The molecule has 0 saturated heterocycles. The Morgan fingerprint density at radius 3 is 2.09 bits per heavy atom. The van der Waals surface area contributed by atoms with Crippen LogP contribution in [0.3, 0.4) is 0 Å². The summed E-state index contributed by atoms with van der Waals surface area (Å²) in [7, 11) is 0. The molecule has 0 aliphatic carbocycles. The standard InChI is InChI=1S/C18H17NO3/c1-12-3-5-14(6-4-12)17(20)11-13(2)19-16-9-7-15(8-10-16)18(21)22/h3-10,19H,2,11H2,1H3,(H,21,22). The number of carboxylic acids is 1. The maximum atomic E-state index is 12.1. The van der Waals surface area contributed by atoms with Crippen molar-refractivity contribution < 1.29 is 14.7 Å². The van der Waals surface area contributed by atoms with E-state index in [9.17, 15) is 9.59 Å². The lowest BCUT2D eigenvalue weighted by Gasteiger charge is -2.09. The summed E-state index contributed by atoms with van der Waals surface area (Å²) in [6.45, 7) is 5.81. The van der Waals surface area contributed by atoms with Gasteiger partial charge in [0.05, 0.1) is 12.0 Å². The van der Waals surface area contributed by atoms with Crippen LogP contribution in [0.5, 0.6) is 0 Å². The van der Waals surface area contributed by atoms with Crippen molar-refractivity contribution in [2.75, 3.05) is 5.32 Å². The second-order valence-corrected chi connectivity index (χ2v) is 5.08. The van der Waals surface area contributed by atoms with Crippen molar-refractivity contribution in [3.63, 3.8) is 0 Å². The first-order chi connectivity index (χ1) is 10.5. The van der Waals surface area contributed by atoms with E-state index in [2.05, 4.69) is 11.9 Å². The van der Waals surface area contributed by atoms with Crippen molar-refractivity contribution in [3.8, 4) is 0 Å². The molecule has 0 heterocycles. The van der Waals surface area contributed by atoms with Gasteiger partial charge in [-0.3, -0.25) is 4.79 Å². The zero-order chi connectivity index (χ0) is 16.1. The van der Waals surface area contributed by atoms with Crippen LogP contribution >= 0.6 is 0 Å². The van der Waals surface area contributed by atoms with Gasteiger partial charge in [-0.15, -0.1) is 0 Å². The summed E-state index contributed by atoms with van der Waals surface area (Å²) in [6.07, 6.45) is 0.184. The number of carbonyl (C=O) groups is 2. The lowest BCUT2D eigenvalue weighted by atomic mass is 10.1. The molecule has 0 fully saturated rings. The second kappa shape index (κ2) is 6.72. The monoisotopic (exact) mass is 295 g/mol. The zero-order valence-corrected chi connectivity index (χ0v) is 12.3. The topological polar surface area (TPSA) is 66.4 Å². The number of benzene rings is 2. The molecular weight excluding hydrogens is 278 g/mol. The lowest BCUT2D eigenvalue weighted by Crippen LogP contribution is -2.06. The highest BCUT2D eigenvalue weighted by Crippen LogP contribution is 2.15. The van der Waals surface area contributed by atoms with Crippen LogP contribution in [0.1, 0.15) is 32.7 Å². The fourth-order valence-corrected chi connectivity index (χ4v) is 1.98. The van der Waals surface area contributed by atoms with Gasteiger partial charge in [-0.25, -0.2) is 4.79 Å². The van der Waals surface area contributed by atoms with Crippen LogP contribution in [0, 0.1) is 6.92 Å². The maximum absolute atomic E-state index is 12.1. The van der Waals surface area contributed by atoms with Crippen molar-refractivity contribution in [3.05, 3.63) is 77.5 Å². The van der Waals surface area contributed by atoms with Crippen LogP contribution in [0.4, 0.5) is 5.69 Å². The zero-order valence-electron chi connectivity index (χ0n) is 12.3. The molecule has 4 heteroatoms. The predicted octanol–water partition coefficient (Wildman–Crippen LogP) is 3.89. The first kappa shape index (κ1) is 15.5. The summed E-state index contributed by atoms with van der Waals surface area (Å²) in [5.41, 5.74) is 3.23. The van der Waals surface area contributed by atoms with E-state index >= 15 is 0 Å². The molecule has 2 aromatic rings. The third kappa shape index (κ3) is 4.06. The van der Waals surface area contributed by atoms with Crippen LogP contribution in [-0.2, 0) is 0 Å². The Kier molecular flexibility index (Phi) is 4.73.